The van der Waals surface area contributed by atoms with Crippen LogP contribution in [-0.2, 0) is 11.2 Å². The highest BCUT2D eigenvalue weighted by Gasteiger charge is 2.63. The van der Waals surface area contributed by atoms with Gasteiger partial charge in [-0.25, -0.2) is 4.39 Å². The molecule has 1 unspecified atom stereocenters. The first-order valence-electron chi connectivity index (χ1n) is 13.0. The number of benzene rings is 3. The molecule has 3 amide bonds. The third-order valence-corrected chi connectivity index (χ3v) is 8.47. The summed E-state index contributed by atoms with van der Waals surface area (Å²) in [6.45, 7) is 2.18. The fraction of sp³-hybridized carbons (Fsp3) is 0.258. The van der Waals surface area contributed by atoms with E-state index in [2.05, 4.69) is 17.6 Å². The molecule has 0 saturated heterocycles. The van der Waals surface area contributed by atoms with Crippen molar-refractivity contribution in [2.45, 2.75) is 31.7 Å². The van der Waals surface area contributed by atoms with Crippen LogP contribution in [0.3, 0.4) is 0 Å². The molecule has 3 saturated carbocycles. The van der Waals surface area contributed by atoms with Gasteiger partial charge < -0.3 is 20.8 Å². The van der Waals surface area contributed by atoms with Crippen molar-refractivity contribution in [3.63, 3.8) is 0 Å². The number of rotatable bonds is 7. The summed E-state index contributed by atoms with van der Waals surface area (Å²) in [5.41, 5.74) is 9.18. The fourth-order valence-corrected chi connectivity index (χ4v) is 6.02. The van der Waals surface area contributed by atoms with E-state index in [9.17, 15) is 18.8 Å². The maximum Gasteiger partial charge on any atom is 0.255 e. The monoisotopic (exact) mass is 525 g/mol. The van der Waals surface area contributed by atoms with Crippen molar-refractivity contribution in [2.24, 2.45) is 17.6 Å². The molecule has 0 aliphatic heterocycles. The molecule has 7 rings (SSSR count). The van der Waals surface area contributed by atoms with Crippen molar-refractivity contribution in [1.82, 2.24) is 10.6 Å². The molecule has 0 spiro atoms. The normalized spacial score (nSPS) is 21.1. The Morgan fingerprint density at radius 1 is 1.03 bits per heavy atom. The lowest BCUT2D eigenvalue weighted by Gasteiger charge is -2.67. The Morgan fingerprint density at radius 3 is 2.38 bits per heavy atom. The van der Waals surface area contributed by atoms with Gasteiger partial charge in [0.1, 0.15) is 17.2 Å². The van der Waals surface area contributed by atoms with Crippen molar-refractivity contribution in [2.75, 3.05) is 7.05 Å². The predicted molar refractivity (Wildman–Crippen MR) is 145 cm³/mol. The van der Waals surface area contributed by atoms with E-state index in [-0.39, 0.29) is 35.1 Å². The first kappa shape index (κ1) is 24.9. The molecule has 3 fully saturated rings. The smallest absolute Gasteiger partial charge is 0.255 e. The summed E-state index contributed by atoms with van der Waals surface area (Å²) >= 11 is 0. The molecule has 1 aromatic heterocycles. The van der Waals surface area contributed by atoms with Gasteiger partial charge in [0.15, 0.2) is 0 Å². The molecule has 3 aromatic carbocycles. The van der Waals surface area contributed by atoms with E-state index in [4.69, 9.17) is 10.2 Å². The summed E-state index contributed by atoms with van der Waals surface area (Å²) in [4.78, 5) is 38.2. The van der Waals surface area contributed by atoms with Crippen molar-refractivity contribution >= 4 is 28.7 Å². The average molecular weight is 526 g/mol. The van der Waals surface area contributed by atoms with Crippen molar-refractivity contribution < 1.29 is 23.2 Å². The molecular weight excluding hydrogens is 497 g/mol. The number of hydrogen-bond acceptors (Lipinski definition) is 4. The Bertz CT molecular complexity index is 1650. The lowest BCUT2D eigenvalue weighted by molar-refractivity contribution is -0.118. The van der Waals surface area contributed by atoms with Gasteiger partial charge in [-0.15, -0.1) is 0 Å². The largest absolute Gasteiger partial charge is 0.455 e. The highest BCUT2D eigenvalue weighted by Crippen LogP contribution is 2.61. The number of halogens is 1. The maximum atomic E-state index is 13.6. The van der Waals surface area contributed by atoms with Crippen LogP contribution in [0.2, 0.25) is 0 Å². The zero-order valence-corrected chi connectivity index (χ0v) is 21.6. The number of nitrogens with one attached hydrogen (secondary N) is 2. The second-order valence-corrected chi connectivity index (χ2v) is 10.7. The number of hydrogen-bond donors (Lipinski definition) is 3. The summed E-state index contributed by atoms with van der Waals surface area (Å²) in [6.07, 6.45) is 1.99. The summed E-state index contributed by atoms with van der Waals surface area (Å²) in [6, 6.07) is 16.4. The third-order valence-electron chi connectivity index (χ3n) is 8.47. The molecule has 3 aliphatic carbocycles. The van der Waals surface area contributed by atoms with Gasteiger partial charge in [0.25, 0.3) is 11.8 Å². The van der Waals surface area contributed by atoms with E-state index in [1.54, 1.807) is 42.5 Å². The molecule has 3 aliphatic rings. The quantitative estimate of drug-likeness (QED) is 0.321. The fourth-order valence-electron chi connectivity index (χ4n) is 6.02. The zero-order chi connectivity index (χ0) is 27.5. The minimum Gasteiger partial charge on any atom is -0.455 e. The third kappa shape index (κ3) is 4.07. The standard InChI is InChI=1S/C31H28FN3O4/c1-16-21-14-31(16,15-21)35-29(37)19-5-3-4-18(10-19)23-13-24-25(11-20(23)12-26(33)36)39-28(27(24)30(38)34-2)17-6-8-22(32)9-7-17/h3-11,13,16,21H,12,14-15H2,1-2H3,(H2,33,36)(H,34,38)(H,35,37). The second kappa shape index (κ2) is 9.08. The van der Waals surface area contributed by atoms with Gasteiger partial charge in [-0.3, -0.25) is 14.4 Å². The van der Waals surface area contributed by atoms with Crippen molar-refractivity contribution in [3.8, 4) is 22.5 Å². The number of furan rings is 1. The molecular formula is C31H28FN3O4. The molecule has 198 valence electrons. The Hall–Kier alpha value is -4.46. The van der Waals surface area contributed by atoms with Gasteiger partial charge in [-0.05, 0) is 89.9 Å². The Labute approximate surface area is 224 Å². The van der Waals surface area contributed by atoms with Gasteiger partial charge in [0, 0.05) is 29.1 Å². The number of nitrogens with two attached hydrogens (primary N) is 1. The summed E-state index contributed by atoms with van der Waals surface area (Å²) < 4.78 is 19.7. The average Bonchev–Trinajstić information content (AvgIpc) is 3.28. The maximum absolute atomic E-state index is 13.6. The summed E-state index contributed by atoms with van der Waals surface area (Å²) in [5.74, 6) is 0.0497. The van der Waals surface area contributed by atoms with E-state index in [1.807, 2.05) is 6.07 Å². The van der Waals surface area contributed by atoms with Crippen LogP contribution < -0.4 is 16.4 Å². The molecule has 4 aromatic rings. The highest BCUT2D eigenvalue weighted by molar-refractivity contribution is 6.12. The predicted octanol–water partition coefficient (Wildman–Crippen LogP) is 4.82. The Kier molecular flexibility index (Phi) is 5.79. The van der Waals surface area contributed by atoms with Crippen LogP contribution in [-0.4, -0.2) is 30.3 Å². The van der Waals surface area contributed by atoms with E-state index in [0.717, 1.165) is 12.8 Å². The van der Waals surface area contributed by atoms with Crippen LogP contribution >= 0.6 is 0 Å². The van der Waals surface area contributed by atoms with E-state index >= 15 is 0 Å². The topological polar surface area (TPSA) is 114 Å². The summed E-state index contributed by atoms with van der Waals surface area (Å²) in [5, 5.41) is 6.40. The van der Waals surface area contributed by atoms with Crippen LogP contribution in [0.15, 0.2) is 65.1 Å². The van der Waals surface area contributed by atoms with Crippen LogP contribution in [0.5, 0.6) is 0 Å². The number of carbonyl (C=O) groups is 3. The van der Waals surface area contributed by atoms with Crippen LogP contribution in [0, 0.1) is 17.7 Å². The molecule has 4 N–H and O–H groups in total. The van der Waals surface area contributed by atoms with Crippen molar-refractivity contribution in [3.05, 3.63) is 83.2 Å². The molecule has 1 atom stereocenters. The van der Waals surface area contributed by atoms with Crippen LogP contribution in [0.1, 0.15) is 46.0 Å². The minimum absolute atomic E-state index is 0.0639. The molecule has 7 nitrogen and oxygen atoms in total. The highest BCUT2D eigenvalue weighted by atomic mass is 19.1. The minimum atomic E-state index is -0.529. The number of amides is 3. The lowest BCUT2D eigenvalue weighted by atomic mass is 9.43. The van der Waals surface area contributed by atoms with Gasteiger partial charge in [0.05, 0.1) is 12.0 Å². The van der Waals surface area contributed by atoms with E-state index in [1.165, 1.54) is 19.2 Å². The second-order valence-electron chi connectivity index (χ2n) is 10.7. The number of fused-ring (bicyclic) bond motifs is 1. The SMILES string of the molecule is CNC(=O)c1c(-c2ccc(F)cc2)oc2cc(CC(N)=O)c(-c3cccc(C(=O)NC45CC(C4)C5C)c3)cc12. The molecule has 2 bridgehead atoms. The van der Waals surface area contributed by atoms with Gasteiger partial charge in [-0.1, -0.05) is 19.1 Å². The molecule has 1 heterocycles. The number of primary amides is 1. The van der Waals surface area contributed by atoms with E-state index < -0.39 is 11.7 Å². The lowest BCUT2D eigenvalue weighted by Crippen LogP contribution is -2.74. The van der Waals surface area contributed by atoms with Gasteiger partial charge >= 0.3 is 0 Å². The van der Waals surface area contributed by atoms with Gasteiger partial charge in [-0.2, -0.15) is 0 Å². The molecule has 8 heteroatoms. The zero-order valence-electron chi connectivity index (χ0n) is 21.6. The van der Waals surface area contributed by atoms with Gasteiger partial charge in [0.2, 0.25) is 5.91 Å². The van der Waals surface area contributed by atoms with E-state index in [0.29, 0.717) is 50.6 Å². The summed E-state index contributed by atoms with van der Waals surface area (Å²) in [7, 11) is 1.52. The first-order chi connectivity index (χ1) is 18.7. The van der Waals surface area contributed by atoms with Crippen molar-refractivity contribution in [1.29, 1.82) is 0 Å². The molecule has 0 radical (unpaired) electrons. The Balaban J connectivity index is 1.47. The van der Waals surface area contributed by atoms with Crippen LogP contribution in [0.25, 0.3) is 33.4 Å². The first-order valence-corrected chi connectivity index (χ1v) is 13.0. The number of carbonyl (C=O) groups excluding carboxylic acids is 3. The Morgan fingerprint density at radius 2 is 1.77 bits per heavy atom. The molecule has 39 heavy (non-hydrogen) atoms. The van der Waals surface area contributed by atoms with Crippen LogP contribution in [0.4, 0.5) is 4.39 Å².